The smallest absolute Gasteiger partial charge is 0.303 e. The lowest BCUT2D eigenvalue weighted by Gasteiger charge is -2.08. The van der Waals surface area contributed by atoms with E-state index in [9.17, 15) is 18.4 Å². The Morgan fingerprint density at radius 1 is 1.11 bits per heavy atom. The number of carboxylic acids is 1. The highest BCUT2D eigenvalue weighted by molar-refractivity contribution is 5.82. The van der Waals surface area contributed by atoms with E-state index in [0.717, 1.165) is 17.7 Å². The zero-order chi connectivity index (χ0) is 20.1. The molecule has 1 amide bonds. The van der Waals surface area contributed by atoms with Crippen molar-refractivity contribution in [1.29, 1.82) is 0 Å². The van der Waals surface area contributed by atoms with Gasteiger partial charge in [-0.15, -0.1) is 0 Å². The summed E-state index contributed by atoms with van der Waals surface area (Å²) in [5, 5.41) is 11.4. The average Bonchev–Trinajstić information content (AvgIpc) is 3.47. The molecular weight excluding hydrogens is 368 g/mol. The predicted molar refractivity (Wildman–Crippen MR) is 97.9 cm³/mol. The zero-order valence-electron chi connectivity index (χ0n) is 15.2. The van der Waals surface area contributed by atoms with E-state index in [1.54, 1.807) is 12.1 Å². The Morgan fingerprint density at radius 2 is 1.86 bits per heavy atom. The summed E-state index contributed by atoms with van der Waals surface area (Å²) < 4.78 is 31.8. The minimum atomic E-state index is -0.895. The molecule has 3 rings (SSSR count). The number of ether oxygens (including phenoxy) is 1. The Labute approximate surface area is 161 Å². The SMILES string of the molecule is O=C(O)CCCOc1ccc(CNC(=O)C2CC2c2ccc(F)c(F)c2)cc1. The molecule has 2 unspecified atom stereocenters. The van der Waals surface area contributed by atoms with Crippen LogP contribution in [0.1, 0.15) is 36.3 Å². The van der Waals surface area contributed by atoms with Crippen LogP contribution in [0, 0.1) is 17.6 Å². The molecule has 2 N–H and O–H groups in total. The molecule has 2 atom stereocenters. The molecule has 1 aliphatic rings. The Kier molecular flexibility index (Phi) is 6.23. The highest BCUT2D eigenvalue weighted by Crippen LogP contribution is 2.47. The maximum Gasteiger partial charge on any atom is 0.303 e. The lowest BCUT2D eigenvalue weighted by molar-refractivity contribution is -0.137. The number of hydrogen-bond acceptors (Lipinski definition) is 3. The maximum atomic E-state index is 13.3. The van der Waals surface area contributed by atoms with E-state index < -0.39 is 17.6 Å². The summed E-state index contributed by atoms with van der Waals surface area (Å²) in [7, 11) is 0. The number of carbonyl (C=O) groups is 2. The van der Waals surface area contributed by atoms with Crippen molar-refractivity contribution in [3.63, 3.8) is 0 Å². The van der Waals surface area contributed by atoms with Gasteiger partial charge in [0.1, 0.15) is 5.75 Å². The van der Waals surface area contributed by atoms with Crippen LogP contribution in [0.3, 0.4) is 0 Å². The monoisotopic (exact) mass is 389 g/mol. The standard InChI is InChI=1S/C21H21F2NO4/c22-18-8-5-14(10-19(18)23)16-11-17(16)21(27)24-12-13-3-6-15(7-4-13)28-9-1-2-20(25)26/h3-8,10,16-17H,1-2,9,11-12H2,(H,24,27)(H,25,26). The first-order valence-electron chi connectivity index (χ1n) is 9.10. The number of hydrogen-bond donors (Lipinski definition) is 2. The lowest BCUT2D eigenvalue weighted by Crippen LogP contribution is -2.24. The number of carboxylic acid groups (broad SMARTS) is 1. The van der Waals surface area contributed by atoms with Crippen molar-refractivity contribution in [2.75, 3.05) is 6.61 Å². The number of halogens is 2. The van der Waals surface area contributed by atoms with E-state index in [-0.39, 0.29) is 24.2 Å². The van der Waals surface area contributed by atoms with Crippen LogP contribution in [-0.4, -0.2) is 23.6 Å². The molecule has 1 fully saturated rings. The molecular formula is C21H21F2NO4. The summed E-state index contributed by atoms with van der Waals surface area (Å²) in [6.07, 6.45) is 1.13. The average molecular weight is 389 g/mol. The van der Waals surface area contributed by atoms with Gasteiger partial charge < -0.3 is 15.2 Å². The Hall–Kier alpha value is -2.96. The number of benzene rings is 2. The molecule has 0 radical (unpaired) electrons. The van der Waals surface area contributed by atoms with Gasteiger partial charge in [-0.3, -0.25) is 9.59 Å². The largest absolute Gasteiger partial charge is 0.494 e. The summed E-state index contributed by atoms with van der Waals surface area (Å²) in [5.74, 6) is -2.39. The van der Waals surface area contributed by atoms with Crippen molar-refractivity contribution in [3.05, 3.63) is 65.2 Å². The van der Waals surface area contributed by atoms with Gasteiger partial charge in [-0.2, -0.15) is 0 Å². The second kappa shape index (κ2) is 8.82. The van der Waals surface area contributed by atoms with Crippen molar-refractivity contribution < 1.29 is 28.2 Å². The van der Waals surface area contributed by atoms with Crippen molar-refractivity contribution >= 4 is 11.9 Å². The lowest BCUT2D eigenvalue weighted by atomic mass is 10.1. The highest BCUT2D eigenvalue weighted by Gasteiger charge is 2.44. The second-order valence-corrected chi connectivity index (χ2v) is 6.83. The van der Waals surface area contributed by atoms with Crippen LogP contribution in [0.25, 0.3) is 0 Å². The van der Waals surface area contributed by atoms with Crippen LogP contribution in [-0.2, 0) is 16.1 Å². The van der Waals surface area contributed by atoms with Gasteiger partial charge in [-0.25, -0.2) is 8.78 Å². The van der Waals surface area contributed by atoms with Crippen LogP contribution in [0.4, 0.5) is 8.78 Å². The van der Waals surface area contributed by atoms with E-state index in [4.69, 9.17) is 9.84 Å². The fraction of sp³-hybridized carbons (Fsp3) is 0.333. The van der Waals surface area contributed by atoms with E-state index >= 15 is 0 Å². The minimum Gasteiger partial charge on any atom is -0.494 e. The van der Waals surface area contributed by atoms with E-state index in [0.29, 0.717) is 37.3 Å². The van der Waals surface area contributed by atoms with Crippen molar-refractivity contribution in [3.8, 4) is 5.75 Å². The molecule has 28 heavy (non-hydrogen) atoms. The number of nitrogens with one attached hydrogen (secondary N) is 1. The second-order valence-electron chi connectivity index (χ2n) is 6.83. The Balaban J connectivity index is 1.42. The molecule has 0 spiro atoms. The number of carbonyl (C=O) groups excluding carboxylic acids is 1. The molecule has 2 aromatic carbocycles. The summed E-state index contributed by atoms with van der Waals surface area (Å²) in [5.41, 5.74) is 1.54. The quantitative estimate of drug-likeness (QED) is 0.642. The van der Waals surface area contributed by atoms with Gasteiger partial charge in [0.2, 0.25) is 5.91 Å². The van der Waals surface area contributed by atoms with E-state index in [2.05, 4.69) is 5.32 Å². The number of aliphatic carboxylic acids is 1. The summed E-state index contributed by atoms with van der Waals surface area (Å²) in [4.78, 5) is 22.7. The first-order chi connectivity index (χ1) is 13.4. The van der Waals surface area contributed by atoms with E-state index in [1.165, 1.54) is 6.07 Å². The Bertz CT molecular complexity index is 854. The Morgan fingerprint density at radius 3 is 2.54 bits per heavy atom. The molecule has 1 saturated carbocycles. The molecule has 0 bridgehead atoms. The fourth-order valence-electron chi connectivity index (χ4n) is 3.03. The maximum absolute atomic E-state index is 13.3. The van der Waals surface area contributed by atoms with Crippen molar-refractivity contribution in [1.82, 2.24) is 5.32 Å². The van der Waals surface area contributed by atoms with Crippen LogP contribution < -0.4 is 10.1 Å². The van der Waals surface area contributed by atoms with Gasteiger partial charge >= 0.3 is 5.97 Å². The van der Waals surface area contributed by atoms with Gasteiger partial charge in [0.15, 0.2) is 11.6 Å². The van der Waals surface area contributed by atoms with Crippen LogP contribution >= 0.6 is 0 Å². The molecule has 148 valence electrons. The summed E-state index contributed by atoms with van der Waals surface area (Å²) >= 11 is 0. The van der Waals surface area contributed by atoms with Crippen LogP contribution in [0.2, 0.25) is 0 Å². The highest BCUT2D eigenvalue weighted by atomic mass is 19.2. The van der Waals surface area contributed by atoms with Gasteiger partial charge in [0, 0.05) is 18.9 Å². The van der Waals surface area contributed by atoms with Gasteiger partial charge in [-0.1, -0.05) is 18.2 Å². The van der Waals surface area contributed by atoms with Gasteiger partial charge in [0.05, 0.1) is 6.61 Å². The third-order valence-electron chi connectivity index (χ3n) is 4.69. The van der Waals surface area contributed by atoms with Crippen LogP contribution in [0.15, 0.2) is 42.5 Å². The first kappa shape index (κ1) is 19.8. The molecule has 0 aromatic heterocycles. The van der Waals surface area contributed by atoms with Crippen molar-refractivity contribution in [2.45, 2.75) is 31.7 Å². The van der Waals surface area contributed by atoms with Gasteiger partial charge in [-0.05, 0) is 54.2 Å². The molecule has 5 nitrogen and oxygen atoms in total. The molecule has 7 heteroatoms. The minimum absolute atomic E-state index is 0.0663. The zero-order valence-corrected chi connectivity index (χ0v) is 15.2. The fourth-order valence-corrected chi connectivity index (χ4v) is 3.03. The van der Waals surface area contributed by atoms with Crippen molar-refractivity contribution in [2.24, 2.45) is 5.92 Å². The molecule has 2 aromatic rings. The third kappa shape index (κ3) is 5.28. The molecule has 1 aliphatic carbocycles. The van der Waals surface area contributed by atoms with Crippen LogP contribution in [0.5, 0.6) is 5.75 Å². The predicted octanol–water partition coefficient (Wildman–Crippen LogP) is 3.63. The third-order valence-corrected chi connectivity index (χ3v) is 4.69. The first-order valence-corrected chi connectivity index (χ1v) is 9.10. The number of amides is 1. The summed E-state index contributed by atoms with van der Waals surface area (Å²) in [6.45, 7) is 0.689. The van der Waals surface area contributed by atoms with E-state index in [1.807, 2.05) is 12.1 Å². The summed E-state index contributed by atoms with van der Waals surface area (Å²) in [6, 6.07) is 10.9. The topological polar surface area (TPSA) is 75.6 Å². The van der Waals surface area contributed by atoms with Gasteiger partial charge in [0.25, 0.3) is 0 Å². The molecule has 0 saturated heterocycles. The number of rotatable bonds is 9. The molecule has 0 aliphatic heterocycles. The molecule has 0 heterocycles. The normalized spacial score (nSPS) is 17.8.